The maximum atomic E-state index is 13.2. The number of rotatable bonds is 3. The maximum Gasteiger partial charge on any atom is 0.291 e. The van der Waals surface area contributed by atoms with Crippen LogP contribution in [-0.4, -0.2) is 64.3 Å². The van der Waals surface area contributed by atoms with E-state index in [1.807, 2.05) is 21.6 Å². The van der Waals surface area contributed by atoms with Crippen LogP contribution < -0.4 is 4.74 Å². The van der Waals surface area contributed by atoms with Gasteiger partial charge >= 0.3 is 0 Å². The van der Waals surface area contributed by atoms with Crippen molar-refractivity contribution < 1.29 is 9.53 Å². The van der Waals surface area contributed by atoms with E-state index in [0.29, 0.717) is 23.7 Å². The standard InChI is InChI=1S/C21H27N5O2.ClH/c1-24-11-15-12-25(21(27)20-23-22-18-5-3-4-10-26(18)20)13-17(15)19(24)14-6-8-16(28-2)9-7-14;/h6-9,15,17,19H,3-5,10-13H2,1-2H3;1H/t15-,17+,19+;/m0./s1. The Balaban J connectivity index is 0.00000205. The minimum absolute atomic E-state index is 0. The summed E-state index contributed by atoms with van der Waals surface area (Å²) < 4.78 is 7.33. The van der Waals surface area contributed by atoms with Gasteiger partial charge in [0.25, 0.3) is 5.91 Å². The Morgan fingerprint density at radius 1 is 1.10 bits per heavy atom. The summed E-state index contributed by atoms with van der Waals surface area (Å²) in [7, 11) is 3.88. The van der Waals surface area contributed by atoms with Gasteiger partial charge in [-0.2, -0.15) is 0 Å². The quantitative estimate of drug-likeness (QED) is 0.767. The number of halogens is 1. The molecule has 0 N–H and O–H groups in total. The number of benzene rings is 1. The van der Waals surface area contributed by atoms with E-state index in [1.165, 1.54) is 5.56 Å². The van der Waals surface area contributed by atoms with Crippen LogP contribution in [-0.2, 0) is 13.0 Å². The lowest BCUT2D eigenvalue weighted by molar-refractivity contribution is 0.0749. The fourth-order valence-electron chi connectivity index (χ4n) is 5.33. The molecule has 0 unspecified atom stereocenters. The van der Waals surface area contributed by atoms with Crippen molar-refractivity contribution in [2.45, 2.75) is 31.8 Å². The zero-order valence-corrected chi connectivity index (χ0v) is 17.8. The van der Waals surface area contributed by atoms with E-state index in [1.54, 1.807) is 7.11 Å². The first-order valence-corrected chi connectivity index (χ1v) is 10.2. The fraction of sp³-hybridized carbons (Fsp3) is 0.571. The Kier molecular flexibility index (Phi) is 5.53. The smallest absolute Gasteiger partial charge is 0.291 e. The number of amides is 1. The number of methoxy groups -OCH3 is 1. The van der Waals surface area contributed by atoms with Crippen molar-refractivity contribution in [2.75, 3.05) is 33.8 Å². The van der Waals surface area contributed by atoms with E-state index < -0.39 is 0 Å². The molecule has 0 aliphatic carbocycles. The number of carbonyl (C=O) groups excluding carboxylic acids is 1. The molecule has 2 aromatic rings. The van der Waals surface area contributed by atoms with E-state index in [9.17, 15) is 4.79 Å². The summed E-state index contributed by atoms with van der Waals surface area (Å²) in [4.78, 5) is 17.6. The monoisotopic (exact) mass is 417 g/mol. The normalized spacial score (nSPS) is 26.0. The average Bonchev–Trinajstić information content (AvgIpc) is 3.40. The van der Waals surface area contributed by atoms with Crippen molar-refractivity contribution >= 4 is 18.3 Å². The van der Waals surface area contributed by atoms with Gasteiger partial charge in [-0.3, -0.25) is 9.69 Å². The summed E-state index contributed by atoms with van der Waals surface area (Å²) in [5, 5.41) is 8.50. The number of nitrogens with zero attached hydrogens (tertiary/aromatic N) is 5. The predicted molar refractivity (Wildman–Crippen MR) is 111 cm³/mol. The number of hydrogen-bond donors (Lipinski definition) is 0. The second-order valence-corrected chi connectivity index (χ2v) is 8.34. The highest BCUT2D eigenvalue weighted by atomic mass is 35.5. The van der Waals surface area contributed by atoms with Crippen LogP contribution in [0.2, 0.25) is 0 Å². The van der Waals surface area contributed by atoms with Crippen molar-refractivity contribution in [3.8, 4) is 5.75 Å². The topological polar surface area (TPSA) is 63.5 Å². The van der Waals surface area contributed by atoms with E-state index in [2.05, 4.69) is 34.3 Å². The van der Waals surface area contributed by atoms with Crippen LogP contribution in [0.1, 0.15) is 40.9 Å². The molecule has 29 heavy (non-hydrogen) atoms. The highest BCUT2D eigenvalue weighted by Crippen LogP contribution is 2.44. The molecule has 1 amide bonds. The zero-order valence-electron chi connectivity index (χ0n) is 17.0. The molecule has 0 bridgehead atoms. The van der Waals surface area contributed by atoms with Crippen LogP contribution in [0.4, 0.5) is 0 Å². The van der Waals surface area contributed by atoms with E-state index in [-0.39, 0.29) is 18.3 Å². The molecule has 1 aromatic carbocycles. The van der Waals surface area contributed by atoms with Gasteiger partial charge in [0.2, 0.25) is 5.82 Å². The third-order valence-corrected chi connectivity index (χ3v) is 6.69. The molecule has 8 heteroatoms. The predicted octanol–water partition coefficient (Wildman–Crippen LogP) is 2.42. The van der Waals surface area contributed by atoms with Crippen LogP contribution in [0.5, 0.6) is 5.75 Å². The Labute approximate surface area is 177 Å². The van der Waals surface area contributed by atoms with Gasteiger partial charge in [-0.25, -0.2) is 0 Å². The minimum atomic E-state index is 0. The van der Waals surface area contributed by atoms with E-state index in [4.69, 9.17) is 4.74 Å². The molecule has 0 spiro atoms. The SMILES string of the molecule is COc1ccc([C@@H]2[C@@H]3CN(C(=O)c4nnc5n4CCCC5)C[C@@H]3CN2C)cc1.Cl. The van der Waals surface area contributed by atoms with Crippen molar-refractivity contribution in [3.63, 3.8) is 0 Å². The number of likely N-dealkylation sites (tertiary alicyclic amines) is 2. The Hall–Kier alpha value is -2.12. The summed E-state index contributed by atoms with van der Waals surface area (Å²) in [6.45, 7) is 3.47. The minimum Gasteiger partial charge on any atom is -0.497 e. The number of carbonyl (C=O) groups is 1. The molecular formula is C21H28ClN5O2. The molecule has 3 aliphatic heterocycles. The molecule has 0 radical (unpaired) electrons. The molecule has 2 saturated heterocycles. The highest BCUT2D eigenvalue weighted by molar-refractivity contribution is 5.91. The van der Waals surface area contributed by atoms with Crippen LogP contribution in [0.15, 0.2) is 24.3 Å². The number of aryl methyl sites for hydroxylation is 1. The van der Waals surface area contributed by atoms with Gasteiger partial charge in [-0.15, -0.1) is 22.6 Å². The Morgan fingerprint density at radius 2 is 1.90 bits per heavy atom. The van der Waals surface area contributed by atoms with Crippen molar-refractivity contribution in [1.82, 2.24) is 24.6 Å². The number of aromatic nitrogens is 3. The first-order valence-electron chi connectivity index (χ1n) is 10.2. The van der Waals surface area contributed by atoms with Crippen molar-refractivity contribution in [2.24, 2.45) is 11.8 Å². The number of ether oxygens (including phenoxy) is 1. The summed E-state index contributed by atoms with van der Waals surface area (Å²) in [5.74, 6) is 3.37. The van der Waals surface area contributed by atoms with Crippen LogP contribution in [0, 0.1) is 11.8 Å². The van der Waals surface area contributed by atoms with Gasteiger partial charge in [-0.05, 0) is 43.5 Å². The number of fused-ring (bicyclic) bond motifs is 2. The average molecular weight is 418 g/mol. The molecular weight excluding hydrogens is 390 g/mol. The Bertz CT molecular complexity index is 884. The molecule has 1 aromatic heterocycles. The number of hydrogen-bond acceptors (Lipinski definition) is 5. The van der Waals surface area contributed by atoms with Gasteiger partial charge < -0.3 is 14.2 Å². The van der Waals surface area contributed by atoms with Gasteiger partial charge in [0.1, 0.15) is 11.6 Å². The highest BCUT2D eigenvalue weighted by Gasteiger charge is 2.47. The molecule has 7 nitrogen and oxygen atoms in total. The van der Waals surface area contributed by atoms with Gasteiger partial charge in [0.05, 0.1) is 7.11 Å². The molecule has 5 rings (SSSR count). The second-order valence-electron chi connectivity index (χ2n) is 8.34. The van der Waals surface area contributed by atoms with Gasteiger partial charge in [0.15, 0.2) is 0 Å². The first-order chi connectivity index (χ1) is 13.7. The summed E-state index contributed by atoms with van der Waals surface area (Å²) in [6.07, 6.45) is 3.16. The molecule has 0 saturated carbocycles. The lowest BCUT2D eigenvalue weighted by Gasteiger charge is -2.27. The molecule has 3 aliphatic rings. The molecule has 156 valence electrons. The molecule has 4 heterocycles. The van der Waals surface area contributed by atoms with E-state index >= 15 is 0 Å². The van der Waals surface area contributed by atoms with Crippen LogP contribution in [0.3, 0.4) is 0 Å². The largest absolute Gasteiger partial charge is 0.497 e. The molecule has 3 atom stereocenters. The third kappa shape index (κ3) is 3.40. The second kappa shape index (κ2) is 7.95. The summed E-state index contributed by atoms with van der Waals surface area (Å²) >= 11 is 0. The lowest BCUT2D eigenvalue weighted by Crippen LogP contribution is -2.35. The Morgan fingerprint density at radius 3 is 2.66 bits per heavy atom. The lowest BCUT2D eigenvalue weighted by atomic mass is 9.89. The molecule has 2 fully saturated rings. The fourth-order valence-corrected chi connectivity index (χ4v) is 5.33. The maximum absolute atomic E-state index is 13.2. The van der Waals surface area contributed by atoms with Gasteiger partial charge in [-0.1, -0.05) is 12.1 Å². The van der Waals surface area contributed by atoms with Gasteiger partial charge in [0, 0.05) is 44.6 Å². The van der Waals surface area contributed by atoms with Crippen LogP contribution >= 0.6 is 12.4 Å². The third-order valence-electron chi connectivity index (χ3n) is 6.69. The van der Waals surface area contributed by atoms with Crippen LogP contribution in [0.25, 0.3) is 0 Å². The van der Waals surface area contributed by atoms with Crippen molar-refractivity contribution in [3.05, 3.63) is 41.5 Å². The first kappa shape index (κ1) is 20.2. The zero-order chi connectivity index (χ0) is 19.3. The van der Waals surface area contributed by atoms with E-state index in [0.717, 1.165) is 57.0 Å². The van der Waals surface area contributed by atoms with Crippen molar-refractivity contribution in [1.29, 1.82) is 0 Å². The summed E-state index contributed by atoms with van der Waals surface area (Å²) in [5.41, 5.74) is 1.30. The summed E-state index contributed by atoms with van der Waals surface area (Å²) in [6, 6.07) is 8.69.